The number of nitrogens with zero attached hydrogens (tertiary/aromatic N) is 1. The van der Waals surface area contributed by atoms with Gasteiger partial charge in [0.05, 0.1) is 0 Å². The SMILES string of the molecule is CCCc1ccc([C@H]2CC[C@H]([C@H]3CC[C@H](C=CC=C(F)C#N)CC3)CC2)cc1. The number of benzene rings is 1. The Balaban J connectivity index is 1.43. The fraction of sp³-hybridized carbons (Fsp3) is 0.577. The van der Waals surface area contributed by atoms with E-state index in [1.807, 2.05) is 0 Å². The summed E-state index contributed by atoms with van der Waals surface area (Å²) in [6.07, 6.45) is 18.0. The van der Waals surface area contributed by atoms with Crippen LogP contribution in [0.15, 0.2) is 48.3 Å². The third-order valence-electron chi connectivity index (χ3n) is 6.98. The second-order valence-corrected chi connectivity index (χ2v) is 8.79. The first kappa shape index (κ1) is 20.8. The maximum absolute atomic E-state index is 12.8. The summed E-state index contributed by atoms with van der Waals surface area (Å²) in [4.78, 5) is 0. The molecule has 0 aromatic heterocycles. The molecular weight excluding hydrogens is 345 g/mol. The van der Waals surface area contributed by atoms with Crippen LogP contribution in [0.25, 0.3) is 0 Å². The van der Waals surface area contributed by atoms with Gasteiger partial charge in [0.1, 0.15) is 6.07 Å². The fourth-order valence-electron chi connectivity index (χ4n) is 5.31. The van der Waals surface area contributed by atoms with Gasteiger partial charge in [0.25, 0.3) is 0 Å². The molecule has 0 radical (unpaired) electrons. The Morgan fingerprint density at radius 1 is 1.00 bits per heavy atom. The zero-order valence-electron chi connectivity index (χ0n) is 17.2. The molecule has 2 aliphatic rings. The van der Waals surface area contributed by atoms with Crippen LogP contribution >= 0.6 is 0 Å². The van der Waals surface area contributed by atoms with Crippen LogP contribution in [0.4, 0.5) is 4.39 Å². The first-order valence-electron chi connectivity index (χ1n) is 11.2. The van der Waals surface area contributed by atoms with Gasteiger partial charge >= 0.3 is 0 Å². The van der Waals surface area contributed by atoms with Crippen molar-refractivity contribution in [2.45, 2.75) is 77.0 Å². The van der Waals surface area contributed by atoms with E-state index in [9.17, 15) is 4.39 Å². The number of hydrogen-bond donors (Lipinski definition) is 0. The minimum absolute atomic E-state index is 0.553. The van der Waals surface area contributed by atoms with Crippen LogP contribution in [0.5, 0.6) is 0 Å². The summed E-state index contributed by atoms with van der Waals surface area (Å²) < 4.78 is 12.8. The lowest BCUT2D eigenvalue weighted by molar-refractivity contribution is 0.171. The third-order valence-corrected chi connectivity index (χ3v) is 6.98. The molecule has 2 fully saturated rings. The molecule has 2 heteroatoms. The van der Waals surface area contributed by atoms with E-state index >= 15 is 0 Å². The largest absolute Gasteiger partial charge is 0.199 e. The minimum atomic E-state index is -0.707. The second-order valence-electron chi connectivity index (χ2n) is 8.79. The highest BCUT2D eigenvalue weighted by atomic mass is 19.1. The normalized spacial score (nSPS) is 29.0. The van der Waals surface area contributed by atoms with E-state index in [1.165, 1.54) is 81.9 Å². The zero-order chi connectivity index (χ0) is 19.8. The second kappa shape index (κ2) is 10.6. The molecule has 1 nitrogen and oxygen atoms in total. The van der Waals surface area contributed by atoms with E-state index in [0.717, 1.165) is 17.8 Å². The highest BCUT2D eigenvalue weighted by molar-refractivity contribution is 5.26. The van der Waals surface area contributed by atoms with Crippen molar-refractivity contribution in [3.8, 4) is 6.07 Å². The molecule has 2 saturated carbocycles. The smallest absolute Gasteiger partial charge is 0.195 e. The van der Waals surface area contributed by atoms with Crippen molar-refractivity contribution in [1.29, 1.82) is 5.26 Å². The molecule has 0 amide bonds. The Bertz CT molecular complexity index is 693. The van der Waals surface area contributed by atoms with Crippen LogP contribution in [-0.2, 0) is 6.42 Å². The van der Waals surface area contributed by atoms with Crippen LogP contribution < -0.4 is 0 Å². The van der Waals surface area contributed by atoms with Gasteiger partial charge < -0.3 is 0 Å². The van der Waals surface area contributed by atoms with Crippen molar-refractivity contribution in [1.82, 2.24) is 0 Å². The summed E-state index contributed by atoms with van der Waals surface area (Å²) in [6, 6.07) is 10.9. The van der Waals surface area contributed by atoms with Crippen molar-refractivity contribution < 1.29 is 4.39 Å². The summed E-state index contributed by atoms with van der Waals surface area (Å²) >= 11 is 0. The molecule has 28 heavy (non-hydrogen) atoms. The van der Waals surface area contributed by atoms with Gasteiger partial charge in [0, 0.05) is 0 Å². The van der Waals surface area contributed by atoms with Gasteiger partial charge in [0.15, 0.2) is 5.83 Å². The van der Waals surface area contributed by atoms with Crippen molar-refractivity contribution in [2.24, 2.45) is 17.8 Å². The molecule has 0 bridgehead atoms. The molecule has 3 rings (SSSR count). The molecule has 150 valence electrons. The molecule has 0 N–H and O–H groups in total. The van der Waals surface area contributed by atoms with Gasteiger partial charge in [-0.3, -0.25) is 0 Å². The lowest BCUT2D eigenvalue weighted by atomic mass is 9.68. The predicted molar refractivity (Wildman–Crippen MR) is 115 cm³/mol. The highest BCUT2D eigenvalue weighted by Crippen LogP contribution is 2.44. The fourth-order valence-corrected chi connectivity index (χ4v) is 5.31. The topological polar surface area (TPSA) is 23.8 Å². The molecule has 0 aliphatic heterocycles. The molecule has 1 aromatic carbocycles. The van der Waals surface area contributed by atoms with Crippen LogP contribution in [0.2, 0.25) is 0 Å². The third kappa shape index (κ3) is 5.81. The van der Waals surface area contributed by atoms with Crippen molar-refractivity contribution >= 4 is 0 Å². The highest BCUT2D eigenvalue weighted by Gasteiger charge is 2.30. The molecule has 0 saturated heterocycles. The van der Waals surface area contributed by atoms with E-state index in [-0.39, 0.29) is 0 Å². The zero-order valence-corrected chi connectivity index (χ0v) is 17.2. The van der Waals surface area contributed by atoms with Crippen molar-refractivity contribution in [3.63, 3.8) is 0 Å². The maximum atomic E-state index is 12.8. The van der Waals surface area contributed by atoms with Gasteiger partial charge in [-0.25, -0.2) is 0 Å². The Hall–Kier alpha value is -1.88. The number of rotatable bonds is 6. The van der Waals surface area contributed by atoms with Crippen LogP contribution in [0.1, 0.15) is 81.8 Å². The van der Waals surface area contributed by atoms with Gasteiger partial charge in [-0.2, -0.15) is 9.65 Å². The quantitative estimate of drug-likeness (QED) is 0.368. The number of nitriles is 1. The summed E-state index contributed by atoms with van der Waals surface area (Å²) in [5.74, 6) is 2.38. The molecular formula is C26H34FN. The lowest BCUT2D eigenvalue weighted by Gasteiger charge is -2.37. The van der Waals surface area contributed by atoms with E-state index in [1.54, 1.807) is 11.6 Å². The first-order chi connectivity index (χ1) is 13.7. The Morgan fingerprint density at radius 3 is 2.18 bits per heavy atom. The maximum Gasteiger partial charge on any atom is 0.199 e. The van der Waals surface area contributed by atoms with Crippen LogP contribution in [-0.4, -0.2) is 0 Å². The average Bonchev–Trinajstić information content (AvgIpc) is 2.75. The summed E-state index contributed by atoms with van der Waals surface area (Å²) in [5, 5.41) is 8.45. The molecule has 2 aliphatic carbocycles. The Kier molecular flexibility index (Phi) is 7.90. The van der Waals surface area contributed by atoms with Gasteiger partial charge in [-0.1, -0.05) is 49.8 Å². The average molecular weight is 380 g/mol. The summed E-state index contributed by atoms with van der Waals surface area (Å²) in [7, 11) is 0. The number of aryl methyl sites for hydroxylation is 1. The summed E-state index contributed by atoms with van der Waals surface area (Å²) in [5.41, 5.74) is 3.02. The van der Waals surface area contributed by atoms with Crippen LogP contribution in [0.3, 0.4) is 0 Å². The number of hydrogen-bond acceptors (Lipinski definition) is 1. The van der Waals surface area contributed by atoms with Gasteiger partial charge in [0.2, 0.25) is 0 Å². The Labute approximate surface area is 170 Å². The lowest BCUT2D eigenvalue weighted by Crippen LogP contribution is -2.25. The van der Waals surface area contributed by atoms with Gasteiger partial charge in [-0.05, 0) is 98.7 Å². The molecule has 1 aromatic rings. The van der Waals surface area contributed by atoms with E-state index in [4.69, 9.17) is 5.26 Å². The van der Waals surface area contributed by atoms with Gasteiger partial charge in [-0.15, -0.1) is 0 Å². The Morgan fingerprint density at radius 2 is 1.61 bits per heavy atom. The van der Waals surface area contributed by atoms with Crippen molar-refractivity contribution in [2.75, 3.05) is 0 Å². The van der Waals surface area contributed by atoms with E-state index < -0.39 is 5.83 Å². The van der Waals surface area contributed by atoms with E-state index in [2.05, 4.69) is 37.3 Å². The molecule has 0 spiro atoms. The number of halogens is 1. The predicted octanol–water partition coefficient (Wildman–Crippen LogP) is 7.65. The first-order valence-corrected chi connectivity index (χ1v) is 11.2. The molecule has 0 atom stereocenters. The minimum Gasteiger partial charge on any atom is -0.195 e. The number of allylic oxidation sites excluding steroid dienone is 4. The van der Waals surface area contributed by atoms with E-state index in [0.29, 0.717) is 5.92 Å². The van der Waals surface area contributed by atoms with Crippen molar-refractivity contribution in [3.05, 3.63) is 59.4 Å². The monoisotopic (exact) mass is 379 g/mol. The summed E-state index contributed by atoms with van der Waals surface area (Å²) in [6.45, 7) is 2.24. The molecule has 0 unspecified atom stereocenters. The van der Waals surface area contributed by atoms with Crippen LogP contribution in [0, 0.1) is 29.1 Å². The molecule has 0 heterocycles. The standard InChI is InChI=1S/C26H34FN/c1-2-4-20-7-11-22(12-8-20)24-15-17-25(18-16-24)23-13-9-21(10-14-23)5-3-6-26(27)19-28/h3,5-8,11-12,21,23-25H,2,4,9-10,13-18H2,1H3/t21-,23-,24-,25-.